The molecule has 4 unspecified atom stereocenters. The number of aryl methyl sites for hydroxylation is 2. The van der Waals surface area contributed by atoms with E-state index in [-0.39, 0.29) is 29.6 Å². The van der Waals surface area contributed by atoms with E-state index in [9.17, 15) is 18.4 Å². The highest BCUT2D eigenvalue weighted by Gasteiger charge is 2.40. The molecule has 336 valence electrons. The number of carbonyl (C=O) groups excluding carboxylic acids is 1. The van der Waals surface area contributed by atoms with Crippen LogP contribution >= 0.6 is 23.2 Å². The van der Waals surface area contributed by atoms with Gasteiger partial charge in [0.05, 0.1) is 0 Å². The first-order chi connectivity index (χ1) is 30.0. The highest BCUT2D eigenvalue weighted by molar-refractivity contribution is 6.32. The van der Waals surface area contributed by atoms with Gasteiger partial charge in [-0.2, -0.15) is 0 Å². The van der Waals surface area contributed by atoms with Crippen LogP contribution in [0.3, 0.4) is 0 Å². The number of carboxylic acid groups (broad SMARTS) is 1. The van der Waals surface area contributed by atoms with Crippen LogP contribution in [0.5, 0.6) is 0 Å². The number of rotatable bonds is 8. The van der Waals surface area contributed by atoms with E-state index in [1.165, 1.54) is 23.8 Å². The summed E-state index contributed by atoms with van der Waals surface area (Å²) in [5.74, 6) is -1.38. The summed E-state index contributed by atoms with van der Waals surface area (Å²) in [4.78, 5) is 34.9. The van der Waals surface area contributed by atoms with E-state index in [0.29, 0.717) is 52.2 Å². The van der Waals surface area contributed by atoms with E-state index < -0.39 is 5.97 Å². The number of nitrogens with zero attached hydrogens (tertiary/aromatic N) is 5. The third kappa shape index (κ3) is 13.1. The molecule has 0 radical (unpaired) electrons. The van der Waals surface area contributed by atoms with Crippen molar-refractivity contribution < 1.29 is 23.5 Å². The molecule has 15 heteroatoms. The van der Waals surface area contributed by atoms with E-state index in [2.05, 4.69) is 39.0 Å². The van der Waals surface area contributed by atoms with Crippen LogP contribution in [0.1, 0.15) is 33.4 Å². The predicted molar refractivity (Wildman–Crippen MR) is 250 cm³/mol. The summed E-state index contributed by atoms with van der Waals surface area (Å²) in [6.45, 7) is 12.9. The van der Waals surface area contributed by atoms with E-state index >= 15 is 0 Å². The fraction of sp³-hybridized carbons (Fsp3) is 0.375. The second-order valence-corrected chi connectivity index (χ2v) is 17.8. The first-order valence-corrected chi connectivity index (χ1v) is 21.9. The van der Waals surface area contributed by atoms with Gasteiger partial charge in [-0.05, 0) is 122 Å². The number of aliphatic carboxylic acids is 1. The van der Waals surface area contributed by atoms with Crippen LogP contribution in [0.2, 0.25) is 10.0 Å². The molecule has 1 amide bonds. The fourth-order valence-electron chi connectivity index (χ4n) is 8.74. The molecule has 4 bridgehead atoms. The Balaban J connectivity index is 0.000000174. The average molecular weight is 904 g/mol. The minimum atomic E-state index is -1.00. The lowest BCUT2D eigenvalue weighted by atomic mass is 9.99. The van der Waals surface area contributed by atoms with Gasteiger partial charge in [0.1, 0.15) is 11.6 Å². The summed E-state index contributed by atoms with van der Waals surface area (Å²) in [5.41, 5.74) is 18.3. The van der Waals surface area contributed by atoms with Crippen molar-refractivity contribution in [2.45, 2.75) is 51.1 Å². The smallest absolute Gasteiger partial charge is 0.328 e. The Labute approximate surface area is 379 Å². The number of nitrogens with two attached hydrogens (primary N) is 2. The second kappa shape index (κ2) is 21.7. The van der Waals surface area contributed by atoms with E-state index in [4.69, 9.17) is 39.8 Å². The molecule has 0 spiro atoms. The number of piperazine rings is 4. The Bertz CT molecular complexity index is 2250. The van der Waals surface area contributed by atoms with Gasteiger partial charge in [0.2, 0.25) is 5.91 Å². The topological polar surface area (TPSA) is 135 Å². The molecule has 6 N–H and O–H groups in total. The first kappa shape index (κ1) is 47.6. The summed E-state index contributed by atoms with van der Waals surface area (Å²) in [6.07, 6.45) is 5.86. The molecular formula is C48H58Cl2F2N8O3. The molecule has 8 rings (SSSR count). The van der Waals surface area contributed by atoms with Gasteiger partial charge in [-0.3, -0.25) is 14.6 Å². The lowest BCUT2D eigenvalue weighted by molar-refractivity contribution is -0.134. The molecule has 4 heterocycles. The van der Waals surface area contributed by atoms with Crippen LogP contribution in [-0.2, 0) is 22.7 Å². The summed E-state index contributed by atoms with van der Waals surface area (Å²) >= 11 is 11.9. The van der Waals surface area contributed by atoms with Crippen LogP contribution in [0.4, 0.5) is 20.2 Å². The zero-order chi connectivity index (χ0) is 45.4. The lowest BCUT2D eigenvalue weighted by Gasteiger charge is -2.52. The summed E-state index contributed by atoms with van der Waals surface area (Å²) < 4.78 is 26.2. The number of benzene rings is 4. The zero-order valence-corrected chi connectivity index (χ0v) is 37.8. The van der Waals surface area contributed by atoms with Crippen molar-refractivity contribution in [3.63, 3.8) is 0 Å². The van der Waals surface area contributed by atoms with Crippen molar-refractivity contribution in [2.24, 2.45) is 0 Å². The number of hydrogen-bond donors (Lipinski definition) is 4. The molecule has 4 aliphatic heterocycles. The number of carbonyl (C=O) groups is 2. The molecule has 4 aromatic carbocycles. The quantitative estimate of drug-likeness (QED) is 0.113. The maximum Gasteiger partial charge on any atom is 0.328 e. The summed E-state index contributed by atoms with van der Waals surface area (Å²) in [7, 11) is 4.32. The maximum atomic E-state index is 13.3. The first-order valence-electron chi connectivity index (χ1n) is 21.1. The largest absolute Gasteiger partial charge is 0.478 e. The fourth-order valence-corrected chi connectivity index (χ4v) is 9.09. The molecular weight excluding hydrogens is 845 g/mol. The van der Waals surface area contributed by atoms with Gasteiger partial charge in [0.15, 0.2) is 0 Å². The van der Waals surface area contributed by atoms with Crippen LogP contribution < -0.4 is 16.8 Å². The van der Waals surface area contributed by atoms with Gasteiger partial charge in [-0.15, -0.1) is 0 Å². The Morgan fingerprint density at radius 2 is 1.06 bits per heavy atom. The van der Waals surface area contributed by atoms with E-state index in [0.717, 1.165) is 80.7 Å². The number of fused-ring (bicyclic) bond motifs is 4. The Morgan fingerprint density at radius 1 is 0.667 bits per heavy atom. The number of likely N-dealkylation sites (N-methyl/N-ethyl adjacent to an activating group) is 2. The Kier molecular flexibility index (Phi) is 16.4. The molecule has 11 nitrogen and oxygen atoms in total. The number of hydrogen-bond acceptors (Lipinski definition) is 9. The molecule has 4 atom stereocenters. The Morgan fingerprint density at radius 3 is 1.49 bits per heavy atom. The molecule has 0 aromatic heterocycles. The Hall–Kier alpha value is -4.86. The van der Waals surface area contributed by atoms with Crippen LogP contribution in [0.15, 0.2) is 84.9 Å². The average Bonchev–Trinajstić information content (AvgIpc) is 3.22. The SMILES string of the molecule is CN1CC2CNCC(C1)N2Cc1ccc(F)cc1.Cc1cc(/C=C/C(=O)N2CC3CN(C)CC(C2)N3Cc2ccc(F)cc2)c(N)cc1Cl.Cc1cc(/C=C/C(=O)O)c(N)cc1Cl. The minimum absolute atomic E-state index is 0.00649. The minimum Gasteiger partial charge on any atom is -0.478 e. The van der Waals surface area contributed by atoms with Crippen molar-refractivity contribution in [3.05, 3.63) is 140 Å². The number of anilines is 2. The van der Waals surface area contributed by atoms with Crippen molar-refractivity contribution in [1.82, 2.24) is 29.8 Å². The number of carboxylic acids is 1. The van der Waals surface area contributed by atoms with Crippen LogP contribution in [0.25, 0.3) is 12.2 Å². The van der Waals surface area contributed by atoms with E-state index in [1.807, 2.05) is 49.1 Å². The molecule has 0 aliphatic carbocycles. The van der Waals surface area contributed by atoms with Crippen LogP contribution in [-0.4, -0.2) is 132 Å². The number of halogens is 4. The third-order valence-corrected chi connectivity index (χ3v) is 12.8. The highest BCUT2D eigenvalue weighted by Crippen LogP contribution is 2.28. The molecule has 4 aromatic rings. The highest BCUT2D eigenvalue weighted by atomic mass is 35.5. The maximum absolute atomic E-state index is 13.3. The lowest BCUT2D eigenvalue weighted by Crippen LogP contribution is -2.68. The molecule has 4 saturated heterocycles. The number of nitrogen functional groups attached to an aromatic ring is 2. The van der Waals surface area contributed by atoms with E-state index in [1.54, 1.807) is 42.5 Å². The van der Waals surface area contributed by atoms with Crippen molar-refractivity contribution >= 4 is 58.6 Å². The normalized spacial score (nSPS) is 21.7. The monoisotopic (exact) mass is 902 g/mol. The van der Waals surface area contributed by atoms with Gasteiger partial charge in [-0.25, -0.2) is 13.6 Å². The molecule has 4 aliphatic rings. The van der Waals surface area contributed by atoms with Crippen LogP contribution in [0, 0.1) is 25.5 Å². The number of amides is 1. The zero-order valence-electron chi connectivity index (χ0n) is 36.3. The standard InChI is InChI=1S/C24H28ClFN4O.C14H20FN3.C10H10ClNO2/c1-16-9-18(23(27)10-22(16)25)5-8-24(31)29-14-20-12-28(2)13-21(15-29)30(20)11-17-3-6-19(26)7-4-17;1-17-9-13-6-16-7-14(10-17)18(13)8-11-2-4-12(15)5-3-11;1-6-4-7(2-3-10(13)14)9(12)5-8(6)11/h3-10,20-21H,11-15,27H2,1-2H3;2-5,13-14,16H,6-10H2,1H3;2-5H,12H2,1H3,(H,13,14)/b8-5+;;3-2+. The van der Waals surface area contributed by atoms with Crippen molar-refractivity contribution in [2.75, 3.05) is 77.9 Å². The second-order valence-electron chi connectivity index (χ2n) is 17.0. The molecule has 63 heavy (non-hydrogen) atoms. The van der Waals surface area contributed by atoms with Crippen molar-refractivity contribution in [3.8, 4) is 0 Å². The van der Waals surface area contributed by atoms with Gasteiger partial charge in [-0.1, -0.05) is 47.5 Å². The summed E-state index contributed by atoms with van der Waals surface area (Å²) in [5, 5.41) is 13.1. The van der Waals surface area contributed by atoms with Gasteiger partial charge < -0.3 is 36.6 Å². The third-order valence-electron chi connectivity index (χ3n) is 12.0. The predicted octanol–water partition coefficient (Wildman–Crippen LogP) is 6.65. The molecule has 4 fully saturated rings. The van der Waals surface area contributed by atoms with Gasteiger partial charge in [0, 0.05) is 123 Å². The van der Waals surface area contributed by atoms with Gasteiger partial charge >= 0.3 is 5.97 Å². The number of nitrogens with one attached hydrogen (secondary N) is 1. The summed E-state index contributed by atoms with van der Waals surface area (Å²) in [6, 6.07) is 22.2. The van der Waals surface area contributed by atoms with Crippen molar-refractivity contribution in [1.29, 1.82) is 0 Å². The molecule has 0 saturated carbocycles. The van der Waals surface area contributed by atoms with Gasteiger partial charge in [0.25, 0.3) is 0 Å².